The highest BCUT2D eigenvalue weighted by molar-refractivity contribution is 6.31. The van der Waals surface area contributed by atoms with Crippen LogP contribution in [0.4, 0.5) is 5.69 Å². The van der Waals surface area contributed by atoms with E-state index in [-0.39, 0.29) is 11.8 Å². The van der Waals surface area contributed by atoms with Gasteiger partial charge in [-0.05, 0) is 42.5 Å². The second kappa shape index (κ2) is 9.88. The molecule has 5 rings (SSSR count). The molecule has 0 bridgehead atoms. The summed E-state index contributed by atoms with van der Waals surface area (Å²) in [5.74, 6) is 2.80. The fourth-order valence-corrected chi connectivity index (χ4v) is 4.78. The van der Waals surface area contributed by atoms with Gasteiger partial charge in [0.25, 0.3) is 0 Å². The van der Waals surface area contributed by atoms with E-state index < -0.39 is 0 Å². The number of carbonyl (C=O) groups is 1. The van der Waals surface area contributed by atoms with Crippen molar-refractivity contribution in [3.8, 4) is 17.2 Å². The summed E-state index contributed by atoms with van der Waals surface area (Å²) in [6.45, 7) is 1.51. The Morgan fingerprint density at radius 2 is 1.71 bits per heavy atom. The summed E-state index contributed by atoms with van der Waals surface area (Å²) < 4.78 is 19.1. The van der Waals surface area contributed by atoms with Gasteiger partial charge in [-0.2, -0.15) is 0 Å². The highest BCUT2D eigenvalue weighted by atomic mass is 35.5. The third-order valence-electron chi connectivity index (χ3n) is 6.25. The number of para-hydroxylation sites is 4. The number of hydrogen-bond donors (Lipinski definition) is 0. The maximum absolute atomic E-state index is 13.1. The largest absolute Gasteiger partial charge is 0.495 e. The number of ether oxygens (including phenoxy) is 3. The van der Waals surface area contributed by atoms with Crippen LogP contribution in [0.5, 0.6) is 17.2 Å². The van der Waals surface area contributed by atoms with Crippen LogP contribution >= 0.6 is 11.6 Å². The molecule has 1 amide bonds. The van der Waals surface area contributed by atoms with Gasteiger partial charge in [-0.3, -0.25) is 4.79 Å². The number of rotatable bonds is 8. The fraction of sp³-hybridized carbons (Fsp3) is 0.259. The van der Waals surface area contributed by atoms with Crippen molar-refractivity contribution >= 4 is 34.2 Å². The number of amides is 1. The van der Waals surface area contributed by atoms with Crippen LogP contribution in [0, 0.1) is 0 Å². The number of fused-ring (bicyclic) bond motifs is 1. The summed E-state index contributed by atoms with van der Waals surface area (Å²) >= 11 is 6.23. The molecule has 1 aliphatic heterocycles. The van der Waals surface area contributed by atoms with Crippen LogP contribution in [0.1, 0.15) is 18.2 Å². The Hall–Kier alpha value is -3.71. The van der Waals surface area contributed by atoms with E-state index in [1.807, 2.05) is 48.5 Å². The first kappa shape index (κ1) is 23.1. The molecule has 0 unspecified atom stereocenters. The summed E-state index contributed by atoms with van der Waals surface area (Å²) in [4.78, 5) is 19.7. The van der Waals surface area contributed by atoms with Gasteiger partial charge in [-0.1, -0.05) is 35.9 Å². The van der Waals surface area contributed by atoms with E-state index in [0.717, 1.165) is 16.9 Å². The third kappa shape index (κ3) is 4.51. The smallest absolute Gasteiger partial charge is 0.227 e. The van der Waals surface area contributed by atoms with E-state index in [4.69, 9.17) is 30.8 Å². The molecule has 8 heteroatoms. The minimum Gasteiger partial charge on any atom is -0.495 e. The number of hydrogen-bond acceptors (Lipinski definition) is 5. The van der Waals surface area contributed by atoms with E-state index in [9.17, 15) is 4.79 Å². The zero-order valence-electron chi connectivity index (χ0n) is 19.6. The Balaban J connectivity index is 1.42. The monoisotopic (exact) mass is 491 g/mol. The van der Waals surface area contributed by atoms with Crippen molar-refractivity contribution in [2.75, 3.05) is 32.3 Å². The number of aromatic nitrogens is 2. The molecule has 0 radical (unpaired) electrons. The van der Waals surface area contributed by atoms with Crippen molar-refractivity contribution in [3.63, 3.8) is 0 Å². The number of nitrogens with zero attached hydrogens (tertiary/aromatic N) is 3. The van der Waals surface area contributed by atoms with Crippen LogP contribution in [-0.4, -0.2) is 42.8 Å². The van der Waals surface area contributed by atoms with E-state index in [1.54, 1.807) is 37.3 Å². The lowest BCUT2D eigenvalue weighted by molar-refractivity contribution is -0.117. The standard InChI is InChI=1S/C27H26ClN3O4/c1-33-23-12-11-19(28)16-22(23)31-17-18(15-26(31)32)27-29-20-7-3-4-8-21(20)30(27)13-14-35-25-10-6-5-9-24(25)34-2/h3-12,16,18H,13-15,17H2,1-2H3/t18-/m0/s1. The fourth-order valence-electron chi connectivity index (χ4n) is 4.61. The second-order valence-electron chi connectivity index (χ2n) is 8.33. The topological polar surface area (TPSA) is 65.8 Å². The molecule has 4 aromatic rings. The molecule has 180 valence electrons. The molecular formula is C27H26ClN3O4. The van der Waals surface area contributed by atoms with E-state index in [0.29, 0.717) is 54.1 Å². The zero-order valence-corrected chi connectivity index (χ0v) is 20.4. The lowest BCUT2D eigenvalue weighted by atomic mass is 10.1. The van der Waals surface area contributed by atoms with Crippen LogP contribution < -0.4 is 19.1 Å². The molecule has 1 aliphatic rings. The minimum atomic E-state index is -0.0788. The Bertz CT molecular complexity index is 1370. The predicted molar refractivity (Wildman–Crippen MR) is 136 cm³/mol. The molecule has 1 saturated heterocycles. The third-order valence-corrected chi connectivity index (χ3v) is 6.48. The van der Waals surface area contributed by atoms with Gasteiger partial charge in [0.15, 0.2) is 11.5 Å². The molecule has 1 atom stereocenters. The lowest BCUT2D eigenvalue weighted by Gasteiger charge is -2.20. The second-order valence-corrected chi connectivity index (χ2v) is 8.77. The number of anilines is 1. The van der Waals surface area contributed by atoms with Crippen LogP contribution in [0.15, 0.2) is 66.7 Å². The van der Waals surface area contributed by atoms with Gasteiger partial charge in [-0.25, -0.2) is 4.98 Å². The minimum absolute atomic E-state index is 0.0134. The Morgan fingerprint density at radius 1 is 0.971 bits per heavy atom. The number of carbonyl (C=O) groups excluding carboxylic acids is 1. The summed E-state index contributed by atoms with van der Waals surface area (Å²) in [5, 5.41) is 0.553. The average molecular weight is 492 g/mol. The Kier molecular flexibility index (Phi) is 6.51. The summed E-state index contributed by atoms with van der Waals surface area (Å²) in [5.41, 5.74) is 2.58. The molecule has 1 aromatic heterocycles. The molecule has 2 heterocycles. The highest BCUT2D eigenvalue weighted by Crippen LogP contribution is 2.38. The quantitative estimate of drug-likeness (QED) is 0.334. The normalized spacial score (nSPS) is 15.6. The van der Waals surface area contributed by atoms with Crippen molar-refractivity contribution in [2.24, 2.45) is 0 Å². The first-order chi connectivity index (χ1) is 17.1. The molecular weight excluding hydrogens is 466 g/mol. The molecule has 1 fully saturated rings. The van der Waals surface area contributed by atoms with Crippen molar-refractivity contribution in [1.29, 1.82) is 0 Å². The molecule has 0 aliphatic carbocycles. The number of imidazole rings is 1. The Labute approximate surface area is 208 Å². The lowest BCUT2D eigenvalue weighted by Crippen LogP contribution is -2.25. The van der Waals surface area contributed by atoms with Crippen LogP contribution in [-0.2, 0) is 11.3 Å². The maximum atomic E-state index is 13.1. The molecule has 0 saturated carbocycles. The van der Waals surface area contributed by atoms with Crippen molar-refractivity contribution < 1.29 is 19.0 Å². The zero-order chi connectivity index (χ0) is 24.4. The van der Waals surface area contributed by atoms with Crippen LogP contribution in [0.3, 0.4) is 0 Å². The number of halogens is 1. The van der Waals surface area contributed by atoms with E-state index >= 15 is 0 Å². The summed E-state index contributed by atoms with van der Waals surface area (Å²) in [6, 6.07) is 20.9. The van der Waals surface area contributed by atoms with Crippen molar-refractivity contribution in [3.05, 3.63) is 77.6 Å². The highest BCUT2D eigenvalue weighted by Gasteiger charge is 2.36. The maximum Gasteiger partial charge on any atom is 0.227 e. The SMILES string of the molecule is COc1ccccc1OCCn1c([C@H]2CC(=O)N(c3cc(Cl)ccc3OC)C2)nc2ccccc21. The van der Waals surface area contributed by atoms with Gasteiger partial charge >= 0.3 is 0 Å². The Morgan fingerprint density at radius 3 is 2.51 bits per heavy atom. The van der Waals surface area contributed by atoms with Gasteiger partial charge in [0.1, 0.15) is 18.2 Å². The molecule has 0 N–H and O–H groups in total. The van der Waals surface area contributed by atoms with Gasteiger partial charge in [-0.15, -0.1) is 0 Å². The van der Waals surface area contributed by atoms with Crippen LogP contribution in [0.25, 0.3) is 11.0 Å². The van der Waals surface area contributed by atoms with E-state index in [2.05, 4.69) is 4.57 Å². The van der Waals surface area contributed by atoms with Gasteiger partial charge in [0, 0.05) is 23.9 Å². The first-order valence-electron chi connectivity index (χ1n) is 11.4. The van der Waals surface area contributed by atoms with Crippen molar-refractivity contribution in [2.45, 2.75) is 18.9 Å². The molecule has 7 nitrogen and oxygen atoms in total. The van der Waals surface area contributed by atoms with Gasteiger partial charge in [0.2, 0.25) is 5.91 Å². The average Bonchev–Trinajstić information content (AvgIpc) is 3.44. The summed E-state index contributed by atoms with van der Waals surface area (Å²) in [7, 11) is 3.22. The number of methoxy groups -OCH3 is 2. The van der Waals surface area contributed by atoms with Crippen molar-refractivity contribution in [1.82, 2.24) is 9.55 Å². The summed E-state index contributed by atoms with van der Waals surface area (Å²) in [6.07, 6.45) is 0.354. The molecule has 3 aromatic carbocycles. The van der Waals surface area contributed by atoms with E-state index in [1.165, 1.54) is 0 Å². The van der Waals surface area contributed by atoms with Crippen LogP contribution in [0.2, 0.25) is 5.02 Å². The van der Waals surface area contributed by atoms with Gasteiger partial charge < -0.3 is 23.7 Å². The molecule has 0 spiro atoms. The van der Waals surface area contributed by atoms with Gasteiger partial charge in [0.05, 0.1) is 37.5 Å². The first-order valence-corrected chi connectivity index (χ1v) is 11.8. The molecule has 35 heavy (non-hydrogen) atoms. The number of benzene rings is 3. The predicted octanol–water partition coefficient (Wildman–Crippen LogP) is 5.31.